The third-order valence-corrected chi connectivity index (χ3v) is 3.99. The molecule has 18 heavy (non-hydrogen) atoms. The van der Waals surface area contributed by atoms with Gasteiger partial charge in [0.05, 0.1) is 10.5 Å². The average Bonchev–Trinajstić information content (AvgIpc) is 2.56. The van der Waals surface area contributed by atoms with Gasteiger partial charge in [0.25, 0.3) is 0 Å². The summed E-state index contributed by atoms with van der Waals surface area (Å²) in [5.41, 5.74) is 5.39. The van der Waals surface area contributed by atoms with Crippen LogP contribution in [-0.4, -0.2) is 23.1 Å². The summed E-state index contributed by atoms with van der Waals surface area (Å²) in [7, 11) is 0. The highest BCUT2D eigenvalue weighted by molar-refractivity contribution is 7.80. The van der Waals surface area contributed by atoms with Gasteiger partial charge in [0, 0.05) is 6.54 Å². The second-order valence-corrected chi connectivity index (χ2v) is 5.53. The SMILES string of the molecule is CCCCNC(=O)NC1(C(N)=S)CCCCCC1. The van der Waals surface area contributed by atoms with Crippen LogP contribution in [-0.2, 0) is 0 Å². The van der Waals surface area contributed by atoms with Crippen LogP contribution in [0.1, 0.15) is 58.3 Å². The highest BCUT2D eigenvalue weighted by atomic mass is 32.1. The molecule has 2 amide bonds. The average molecular weight is 271 g/mol. The fraction of sp³-hybridized carbons (Fsp3) is 0.846. The Morgan fingerprint density at radius 3 is 2.39 bits per heavy atom. The molecule has 0 unspecified atom stereocenters. The second-order valence-electron chi connectivity index (χ2n) is 5.10. The smallest absolute Gasteiger partial charge is 0.315 e. The molecule has 0 spiro atoms. The lowest BCUT2D eigenvalue weighted by Gasteiger charge is -2.32. The monoisotopic (exact) mass is 271 g/mol. The van der Waals surface area contributed by atoms with Gasteiger partial charge >= 0.3 is 6.03 Å². The number of nitrogens with one attached hydrogen (secondary N) is 2. The molecular weight excluding hydrogens is 246 g/mol. The van der Waals surface area contributed by atoms with Crippen LogP contribution >= 0.6 is 12.2 Å². The molecule has 0 radical (unpaired) electrons. The molecule has 104 valence electrons. The first-order valence-corrected chi connectivity index (χ1v) is 7.37. The first-order chi connectivity index (χ1) is 8.60. The lowest BCUT2D eigenvalue weighted by molar-refractivity contribution is 0.230. The van der Waals surface area contributed by atoms with Crippen molar-refractivity contribution in [2.24, 2.45) is 5.73 Å². The van der Waals surface area contributed by atoms with E-state index in [1.54, 1.807) is 0 Å². The molecular formula is C13H25N3OS. The van der Waals surface area contributed by atoms with E-state index < -0.39 is 5.54 Å². The number of unbranched alkanes of at least 4 members (excludes halogenated alkanes) is 1. The third kappa shape index (κ3) is 4.44. The van der Waals surface area contributed by atoms with E-state index in [0.717, 1.165) is 38.5 Å². The number of urea groups is 1. The van der Waals surface area contributed by atoms with E-state index in [-0.39, 0.29) is 6.03 Å². The number of rotatable bonds is 5. The van der Waals surface area contributed by atoms with Gasteiger partial charge in [-0.1, -0.05) is 51.2 Å². The van der Waals surface area contributed by atoms with E-state index in [1.807, 2.05) is 0 Å². The number of thiocarbonyl (C=S) groups is 1. The van der Waals surface area contributed by atoms with Crippen molar-refractivity contribution in [1.29, 1.82) is 0 Å². The van der Waals surface area contributed by atoms with Crippen molar-refractivity contribution >= 4 is 23.2 Å². The summed E-state index contributed by atoms with van der Waals surface area (Å²) in [6.45, 7) is 2.80. The second kappa shape index (κ2) is 7.56. The van der Waals surface area contributed by atoms with Crippen molar-refractivity contribution < 1.29 is 4.79 Å². The van der Waals surface area contributed by atoms with Gasteiger partial charge in [-0.15, -0.1) is 0 Å². The molecule has 1 rings (SSSR count). The summed E-state index contributed by atoms with van der Waals surface area (Å²) in [5, 5.41) is 5.88. The highest BCUT2D eigenvalue weighted by Gasteiger charge is 2.35. The minimum Gasteiger partial charge on any atom is -0.391 e. The molecule has 0 aliphatic heterocycles. The van der Waals surface area contributed by atoms with E-state index in [1.165, 1.54) is 12.8 Å². The molecule has 0 bridgehead atoms. The molecule has 1 saturated carbocycles. The Morgan fingerprint density at radius 2 is 1.89 bits per heavy atom. The van der Waals surface area contributed by atoms with Crippen molar-refractivity contribution in [1.82, 2.24) is 10.6 Å². The Morgan fingerprint density at radius 1 is 1.28 bits per heavy atom. The van der Waals surface area contributed by atoms with Crippen LogP contribution in [0.15, 0.2) is 0 Å². The van der Waals surface area contributed by atoms with Gasteiger partial charge in [0.15, 0.2) is 0 Å². The van der Waals surface area contributed by atoms with Gasteiger partial charge < -0.3 is 16.4 Å². The van der Waals surface area contributed by atoms with E-state index in [0.29, 0.717) is 11.5 Å². The number of carbonyl (C=O) groups excluding carboxylic acids is 1. The van der Waals surface area contributed by atoms with Gasteiger partial charge in [-0.25, -0.2) is 4.79 Å². The van der Waals surface area contributed by atoms with E-state index >= 15 is 0 Å². The number of amides is 2. The Bertz CT molecular complexity index is 286. The Balaban J connectivity index is 2.55. The number of hydrogen-bond donors (Lipinski definition) is 3. The summed E-state index contributed by atoms with van der Waals surface area (Å²) in [5.74, 6) is 0. The first kappa shape index (κ1) is 15.2. The van der Waals surface area contributed by atoms with Crippen LogP contribution in [0.3, 0.4) is 0 Å². The molecule has 4 N–H and O–H groups in total. The topological polar surface area (TPSA) is 67.2 Å². The molecule has 1 aliphatic carbocycles. The zero-order valence-corrected chi connectivity index (χ0v) is 12.1. The molecule has 0 heterocycles. The van der Waals surface area contributed by atoms with E-state index in [9.17, 15) is 4.79 Å². The summed E-state index contributed by atoms with van der Waals surface area (Å²) >= 11 is 5.18. The Labute approximate surface area is 115 Å². The predicted molar refractivity (Wildman–Crippen MR) is 78.7 cm³/mol. The fourth-order valence-corrected chi connectivity index (χ4v) is 2.66. The minimum absolute atomic E-state index is 0.141. The summed E-state index contributed by atoms with van der Waals surface area (Å²) in [6.07, 6.45) is 8.34. The van der Waals surface area contributed by atoms with Gasteiger partial charge in [0.1, 0.15) is 0 Å². The first-order valence-electron chi connectivity index (χ1n) is 6.96. The Kier molecular flexibility index (Phi) is 6.39. The summed E-state index contributed by atoms with van der Waals surface area (Å²) in [6, 6.07) is -0.141. The van der Waals surface area contributed by atoms with Gasteiger partial charge in [-0.3, -0.25) is 0 Å². The largest absolute Gasteiger partial charge is 0.391 e. The van der Waals surface area contributed by atoms with Crippen LogP contribution < -0.4 is 16.4 Å². The normalized spacial score (nSPS) is 18.7. The fourth-order valence-electron chi connectivity index (χ4n) is 2.41. The third-order valence-electron chi connectivity index (χ3n) is 3.60. The van der Waals surface area contributed by atoms with Crippen molar-refractivity contribution in [3.8, 4) is 0 Å². The van der Waals surface area contributed by atoms with Gasteiger partial charge in [-0.05, 0) is 19.3 Å². The van der Waals surface area contributed by atoms with Crippen molar-refractivity contribution in [2.75, 3.05) is 6.54 Å². The van der Waals surface area contributed by atoms with Crippen LogP contribution in [0.2, 0.25) is 0 Å². The summed E-state index contributed by atoms with van der Waals surface area (Å²) in [4.78, 5) is 12.3. The van der Waals surface area contributed by atoms with Crippen molar-refractivity contribution in [3.05, 3.63) is 0 Å². The molecule has 0 aromatic rings. The molecule has 0 aromatic heterocycles. The molecule has 0 saturated heterocycles. The van der Waals surface area contributed by atoms with Crippen LogP contribution in [0.25, 0.3) is 0 Å². The lowest BCUT2D eigenvalue weighted by atomic mass is 9.90. The van der Waals surface area contributed by atoms with Gasteiger partial charge in [0.2, 0.25) is 0 Å². The number of carbonyl (C=O) groups is 1. The molecule has 0 aromatic carbocycles. The van der Waals surface area contributed by atoms with Gasteiger partial charge in [-0.2, -0.15) is 0 Å². The van der Waals surface area contributed by atoms with E-state index in [4.69, 9.17) is 18.0 Å². The van der Waals surface area contributed by atoms with Crippen LogP contribution in [0.4, 0.5) is 4.79 Å². The highest BCUT2D eigenvalue weighted by Crippen LogP contribution is 2.27. The lowest BCUT2D eigenvalue weighted by Crippen LogP contribution is -2.58. The number of hydrogen-bond acceptors (Lipinski definition) is 2. The maximum atomic E-state index is 11.9. The molecule has 1 aliphatic rings. The Hall–Kier alpha value is -0.840. The molecule has 5 heteroatoms. The van der Waals surface area contributed by atoms with Crippen LogP contribution in [0, 0.1) is 0 Å². The standard InChI is InChI=1S/C13H25N3OS/c1-2-3-10-15-12(17)16-13(11(14)18)8-6-4-5-7-9-13/h2-10H2,1H3,(H2,14,18)(H2,15,16,17). The summed E-state index contributed by atoms with van der Waals surface area (Å²) < 4.78 is 0. The molecule has 0 atom stereocenters. The quantitative estimate of drug-likeness (QED) is 0.409. The molecule has 4 nitrogen and oxygen atoms in total. The van der Waals surface area contributed by atoms with Crippen molar-refractivity contribution in [2.45, 2.75) is 63.8 Å². The maximum Gasteiger partial charge on any atom is 0.315 e. The van der Waals surface area contributed by atoms with Crippen LogP contribution in [0.5, 0.6) is 0 Å². The minimum atomic E-state index is -0.470. The van der Waals surface area contributed by atoms with Crippen molar-refractivity contribution in [3.63, 3.8) is 0 Å². The predicted octanol–water partition coefficient (Wildman–Crippen LogP) is 2.46. The number of nitrogens with two attached hydrogens (primary N) is 1. The van der Waals surface area contributed by atoms with E-state index in [2.05, 4.69) is 17.6 Å². The zero-order chi connectivity index (χ0) is 13.4. The zero-order valence-electron chi connectivity index (χ0n) is 11.3. The molecule has 1 fully saturated rings. The maximum absolute atomic E-state index is 11.9.